The van der Waals surface area contributed by atoms with E-state index in [4.69, 9.17) is 37.4 Å². The van der Waals surface area contributed by atoms with Crippen LogP contribution >= 0.6 is 23.2 Å². The lowest BCUT2D eigenvalue weighted by Gasteiger charge is -2.43. The number of morpholine rings is 2. The Hall–Kier alpha value is -3.07. The van der Waals surface area contributed by atoms with E-state index in [1.54, 1.807) is 12.1 Å². The van der Waals surface area contributed by atoms with Crippen molar-refractivity contribution >= 4 is 23.2 Å². The largest absolute Gasteiger partial charge is 0.416 e. The van der Waals surface area contributed by atoms with E-state index in [0.717, 1.165) is 152 Å². The SMILES string of the molecule is CC(C)=CC(CC(C)(C)c1ccc(C(F)(F)F)cc1)N1CCC(N2CCOCC2)CC1.CC(C)=CC(CC(C)(C)c1ccc(Cl)cc1)N1CCC(N2CCOCC2)CC1.CCOC1CCN(C(C=C(C)C)CC(C)(C)c2ccc(Cl)cc2)CC1. The van der Waals surface area contributed by atoms with E-state index in [9.17, 15) is 13.2 Å². The lowest BCUT2D eigenvalue weighted by molar-refractivity contribution is -0.137. The smallest absolute Gasteiger partial charge is 0.379 e. The molecule has 5 saturated heterocycles. The van der Waals surface area contributed by atoms with Crippen LogP contribution in [0, 0.1) is 0 Å². The molecular formula is C71H108Cl2F3N5O3. The third-order valence-electron chi connectivity index (χ3n) is 18.4. The van der Waals surface area contributed by atoms with Crippen molar-refractivity contribution in [3.8, 4) is 0 Å². The minimum atomic E-state index is -4.29. The second kappa shape index (κ2) is 33.0. The molecule has 0 bridgehead atoms. The molecule has 0 amide bonds. The zero-order chi connectivity index (χ0) is 61.2. The third kappa shape index (κ3) is 22.2. The van der Waals surface area contributed by atoms with Gasteiger partial charge in [0.25, 0.3) is 0 Å². The normalized spacial score (nSPS) is 20.4. The summed E-state index contributed by atoms with van der Waals surface area (Å²) in [5, 5.41) is 1.61. The molecule has 3 unspecified atom stereocenters. The van der Waals surface area contributed by atoms with Gasteiger partial charge in [0.1, 0.15) is 0 Å². The molecule has 0 N–H and O–H groups in total. The number of alkyl halides is 3. The summed E-state index contributed by atoms with van der Waals surface area (Å²) in [7, 11) is 0. The van der Waals surface area contributed by atoms with Crippen LogP contribution in [0.4, 0.5) is 13.2 Å². The molecule has 0 aliphatic carbocycles. The molecule has 3 aromatic carbocycles. The maximum Gasteiger partial charge on any atom is 0.416 e. The van der Waals surface area contributed by atoms with Crippen LogP contribution in [0.3, 0.4) is 0 Å². The lowest BCUT2D eigenvalue weighted by Crippen LogP contribution is -2.51. The van der Waals surface area contributed by atoms with E-state index < -0.39 is 11.7 Å². The topological polar surface area (TPSA) is 43.9 Å². The number of halogens is 5. The van der Waals surface area contributed by atoms with E-state index in [1.807, 2.05) is 24.3 Å². The molecule has 3 aromatic rings. The number of hydrogen-bond acceptors (Lipinski definition) is 8. The van der Waals surface area contributed by atoms with Crippen molar-refractivity contribution in [3.05, 3.63) is 140 Å². The average Bonchev–Trinajstić information content (AvgIpc) is 2.81. The minimum absolute atomic E-state index is 0.109. The fraction of sp³-hybridized carbons (Fsp3) is 0.662. The summed E-state index contributed by atoms with van der Waals surface area (Å²) in [6.45, 7) is 44.2. The Morgan fingerprint density at radius 3 is 1.01 bits per heavy atom. The highest BCUT2D eigenvalue weighted by molar-refractivity contribution is 6.30. The first-order chi connectivity index (χ1) is 39.7. The minimum Gasteiger partial charge on any atom is -0.379 e. The van der Waals surface area contributed by atoms with Crippen LogP contribution in [0.2, 0.25) is 10.0 Å². The molecule has 0 saturated carbocycles. The first kappa shape index (κ1) is 70.0. The molecule has 470 valence electrons. The maximum atomic E-state index is 13.0. The Labute approximate surface area is 517 Å². The number of likely N-dealkylation sites (tertiary alicyclic amines) is 3. The van der Waals surface area contributed by atoms with Gasteiger partial charge in [-0.3, -0.25) is 24.5 Å². The Kier molecular flexibility index (Phi) is 27.5. The van der Waals surface area contributed by atoms with Gasteiger partial charge < -0.3 is 14.2 Å². The van der Waals surface area contributed by atoms with Crippen molar-refractivity contribution < 1.29 is 27.4 Å². The van der Waals surface area contributed by atoms with Gasteiger partial charge in [0.05, 0.1) is 38.1 Å². The number of benzene rings is 3. The summed E-state index contributed by atoms with van der Waals surface area (Å²) in [4.78, 5) is 13.1. The number of rotatable bonds is 19. The molecule has 84 heavy (non-hydrogen) atoms. The number of allylic oxidation sites excluding steroid dienone is 3. The first-order valence-electron chi connectivity index (χ1n) is 31.8. The van der Waals surface area contributed by atoms with Crippen LogP contribution in [0.5, 0.6) is 0 Å². The molecule has 0 spiro atoms. The average molecular weight is 1210 g/mol. The van der Waals surface area contributed by atoms with Gasteiger partial charge in [-0.2, -0.15) is 13.2 Å². The van der Waals surface area contributed by atoms with Gasteiger partial charge in [-0.15, -0.1) is 0 Å². The van der Waals surface area contributed by atoms with Crippen molar-refractivity contribution in [2.24, 2.45) is 0 Å². The zero-order valence-electron chi connectivity index (χ0n) is 53.9. The van der Waals surface area contributed by atoms with Gasteiger partial charge in [0.2, 0.25) is 0 Å². The van der Waals surface area contributed by atoms with Crippen LogP contribution < -0.4 is 0 Å². The fourth-order valence-corrected chi connectivity index (χ4v) is 13.8. The molecule has 5 aliphatic heterocycles. The van der Waals surface area contributed by atoms with Crippen molar-refractivity contribution in [1.82, 2.24) is 24.5 Å². The molecule has 5 heterocycles. The van der Waals surface area contributed by atoms with Crippen LogP contribution in [-0.2, 0) is 36.6 Å². The molecule has 13 heteroatoms. The second-order valence-corrected chi connectivity index (χ2v) is 28.2. The monoisotopic (exact) mass is 1210 g/mol. The van der Waals surface area contributed by atoms with E-state index in [-0.39, 0.29) is 22.3 Å². The lowest BCUT2D eigenvalue weighted by atomic mass is 9.78. The second-order valence-electron chi connectivity index (χ2n) is 27.3. The zero-order valence-corrected chi connectivity index (χ0v) is 55.5. The Morgan fingerprint density at radius 1 is 0.464 bits per heavy atom. The molecule has 5 fully saturated rings. The molecule has 0 aromatic heterocycles. The Bertz CT molecular complexity index is 2470. The number of piperidine rings is 3. The Balaban J connectivity index is 0.000000203. The highest BCUT2D eigenvalue weighted by atomic mass is 35.5. The van der Waals surface area contributed by atoms with Crippen LogP contribution in [0.1, 0.15) is 170 Å². The summed E-state index contributed by atoms with van der Waals surface area (Å²) >= 11 is 12.2. The number of hydrogen-bond donors (Lipinski definition) is 0. The van der Waals surface area contributed by atoms with E-state index in [0.29, 0.717) is 24.2 Å². The summed E-state index contributed by atoms with van der Waals surface area (Å²) < 4.78 is 55.7. The summed E-state index contributed by atoms with van der Waals surface area (Å²) in [5.74, 6) is 0. The molecule has 5 aliphatic rings. The van der Waals surface area contributed by atoms with Crippen LogP contribution in [0.15, 0.2) is 108 Å². The van der Waals surface area contributed by atoms with E-state index in [2.05, 4.69) is 157 Å². The van der Waals surface area contributed by atoms with Gasteiger partial charge in [-0.25, -0.2) is 0 Å². The van der Waals surface area contributed by atoms with Gasteiger partial charge in [-0.05, 0) is 176 Å². The number of ether oxygens (including phenoxy) is 3. The van der Waals surface area contributed by atoms with Crippen molar-refractivity contribution in [3.63, 3.8) is 0 Å². The predicted octanol–water partition coefficient (Wildman–Crippen LogP) is 16.5. The maximum absolute atomic E-state index is 13.0. The third-order valence-corrected chi connectivity index (χ3v) is 18.9. The summed E-state index contributed by atoms with van der Waals surface area (Å²) in [6, 6.07) is 25.1. The van der Waals surface area contributed by atoms with Crippen molar-refractivity contribution in [2.75, 3.05) is 98.5 Å². The first-order valence-corrected chi connectivity index (χ1v) is 32.6. The highest BCUT2D eigenvalue weighted by Gasteiger charge is 2.36. The van der Waals surface area contributed by atoms with Crippen molar-refractivity contribution in [2.45, 2.75) is 207 Å². The highest BCUT2D eigenvalue weighted by Crippen LogP contribution is 2.38. The van der Waals surface area contributed by atoms with Crippen LogP contribution in [0.25, 0.3) is 0 Å². The molecule has 0 radical (unpaired) electrons. The predicted molar refractivity (Wildman–Crippen MR) is 347 cm³/mol. The van der Waals surface area contributed by atoms with Gasteiger partial charge >= 0.3 is 6.18 Å². The van der Waals surface area contributed by atoms with E-state index in [1.165, 1.54) is 65.9 Å². The van der Waals surface area contributed by atoms with Gasteiger partial charge in [0.15, 0.2) is 0 Å². The van der Waals surface area contributed by atoms with Crippen molar-refractivity contribution in [1.29, 1.82) is 0 Å². The molecule has 8 rings (SSSR count). The standard InChI is InChI=1S/C25H37F3N2O.C24H37ClN2O.C22H34ClNO/c1-19(2)17-23(29-11-9-22(10-12-29)30-13-15-31-16-14-30)18-24(3,4)20-5-7-21(8-6-20)25(26,27)28;1-19(2)17-23(18-24(3,4)20-5-7-21(25)8-6-20)26-11-9-22(10-12-26)27-13-15-28-16-14-27;1-6-25-21-11-13-24(14-12-21)20(15-17(2)3)16-22(4,5)18-7-9-19(23)10-8-18/h5-8,17,22-23H,9-16,18H2,1-4H3;5-8,17,22-23H,9-16,18H2,1-4H3;7-10,15,20-21H,6,11-14,16H2,1-5H3. The molecular weight excluding hydrogens is 1100 g/mol. The quantitative estimate of drug-likeness (QED) is 0.110. The summed E-state index contributed by atoms with van der Waals surface area (Å²) in [5.41, 5.74) is 7.18. The number of nitrogens with zero attached hydrogens (tertiary/aromatic N) is 5. The Morgan fingerprint density at radius 2 is 0.738 bits per heavy atom. The molecule has 3 atom stereocenters. The van der Waals surface area contributed by atoms with Crippen LogP contribution in [-0.4, -0.2) is 159 Å². The van der Waals surface area contributed by atoms with Gasteiger partial charge in [0, 0.05) is 112 Å². The summed E-state index contributed by atoms with van der Waals surface area (Å²) in [6.07, 6.45) is 13.7. The van der Waals surface area contributed by atoms with E-state index >= 15 is 0 Å². The molecule has 8 nitrogen and oxygen atoms in total. The fourth-order valence-electron chi connectivity index (χ4n) is 13.5. The van der Waals surface area contributed by atoms with Gasteiger partial charge in [-0.1, -0.05) is 136 Å².